The summed E-state index contributed by atoms with van der Waals surface area (Å²) in [7, 11) is 0. The highest BCUT2D eigenvalue weighted by Gasteiger charge is 2.03. The summed E-state index contributed by atoms with van der Waals surface area (Å²) in [6.45, 7) is 2.66. The van der Waals surface area contributed by atoms with Gasteiger partial charge in [-0.15, -0.1) is 0 Å². The third-order valence-electron chi connectivity index (χ3n) is 2.50. The van der Waals surface area contributed by atoms with Crippen LogP contribution in [0.15, 0.2) is 0 Å². The van der Waals surface area contributed by atoms with Gasteiger partial charge < -0.3 is 5.11 Å². The maximum Gasteiger partial charge on any atom is 0.421 e. The first-order valence-corrected chi connectivity index (χ1v) is 5.93. The van der Waals surface area contributed by atoms with Crippen molar-refractivity contribution in [3.63, 3.8) is 0 Å². The molecule has 4 nitrogen and oxygen atoms in total. The Labute approximate surface area is 92.4 Å². The van der Waals surface area contributed by atoms with Gasteiger partial charge in [-0.25, -0.2) is 15.6 Å². The Kier molecular flexibility index (Phi) is 9.27. The molecule has 0 aromatic carbocycles. The molecular weight excluding hydrogens is 192 g/mol. The van der Waals surface area contributed by atoms with E-state index in [4.69, 9.17) is 10.9 Å². The van der Waals surface area contributed by atoms with E-state index in [9.17, 15) is 4.79 Å². The maximum atomic E-state index is 10.3. The number of rotatable bonds is 9. The summed E-state index contributed by atoms with van der Waals surface area (Å²) in [5.41, 5.74) is 0. The fourth-order valence-corrected chi connectivity index (χ4v) is 1.51. The van der Waals surface area contributed by atoms with Crippen LogP contribution in [0.3, 0.4) is 0 Å². The van der Waals surface area contributed by atoms with Gasteiger partial charge in [-0.2, -0.15) is 0 Å². The minimum absolute atomic E-state index is 0.449. The van der Waals surface area contributed by atoms with Gasteiger partial charge in [-0.05, 0) is 6.42 Å². The zero-order chi connectivity index (χ0) is 11.5. The highest BCUT2D eigenvalue weighted by Crippen LogP contribution is 2.08. The number of amides is 1. The van der Waals surface area contributed by atoms with Crippen LogP contribution in [0.4, 0.5) is 4.79 Å². The monoisotopic (exact) mass is 216 g/mol. The first-order chi connectivity index (χ1) is 7.18. The van der Waals surface area contributed by atoms with E-state index in [-0.39, 0.29) is 0 Å². The number of hydrogen-bond acceptors (Lipinski definition) is 2. The molecule has 1 amide bonds. The van der Waals surface area contributed by atoms with E-state index in [0.29, 0.717) is 6.54 Å². The first-order valence-electron chi connectivity index (χ1n) is 5.93. The molecule has 0 bridgehead atoms. The lowest BCUT2D eigenvalue weighted by atomic mass is 10.1. The molecule has 90 valence electrons. The molecule has 0 aliphatic rings. The van der Waals surface area contributed by atoms with Gasteiger partial charge in [0.15, 0.2) is 0 Å². The third-order valence-corrected chi connectivity index (χ3v) is 2.50. The fourth-order valence-electron chi connectivity index (χ4n) is 1.51. The normalized spacial score (nSPS) is 10.3. The SMILES string of the molecule is CCCCCCCCCCN(N)C(=O)O. The van der Waals surface area contributed by atoms with E-state index in [1.807, 2.05) is 0 Å². The Bertz CT molecular complexity index is 163. The van der Waals surface area contributed by atoms with Crippen molar-refractivity contribution in [1.29, 1.82) is 0 Å². The Hall–Kier alpha value is -0.770. The number of nitrogens with zero attached hydrogens (tertiary/aromatic N) is 1. The second-order valence-corrected chi connectivity index (χ2v) is 3.95. The molecule has 0 radical (unpaired) electrons. The van der Waals surface area contributed by atoms with Crippen LogP contribution in [0.5, 0.6) is 0 Å². The van der Waals surface area contributed by atoms with Crippen molar-refractivity contribution in [3.8, 4) is 0 Å². The van der Waals surface area contributed by atoms with Crippen LogP contribution in [-0.4, -0.2) is 22.8 Å². The Morgan fingerprint density at radius 3 is 2.00 bits per heavy atom. The zero-order valence-corrected chi connectivity index (χ0v) is 9.74. The number of unbranched alkanes of at least 4 members (excludes halogenated alkanes) is 7. The average Bonchev–Trinajstić information content (AvgIpc) is 2.21. The molecule has 0 aromatic rings. The lowest BCUT2D eigenvalue weighted by Crippen LogP contribution is -2.36. The zero-order valence-electron chi connectivity index (χ0n) is 9.74. The van der Waals surface area contributed by atoms with Crippen molar-refractivity contribution in [2.75, 3.05) is 6.54 Å². The average molecular weight is 216 g/mol. The van der Waals surface area contributed by atoms with E-state index in [1.165, 1.54) is 38.5 Å². The predicted octanol–water partition coefficient (Wildman–Crippen LogP) is 2.98. The molecule has 4 heteroatoms. The minimum atomic E-state index is -1.04. The van der Waals surface area contributed by atoms with Gasteiger partial charge in [-0.3, -0.25) is 0 Å². The van der Waals surface area contributed by atoms with Crippen LogP contribution in [0.25, 0.3) is 0 Å². The van der Waals surface area contributed by atoms with Gasteiger partial charge in [0.2, 0.25) is 0 Å². The Balaban J connectivity index is 3.08. The lowest BCUT2D eigenvalue weighted by Gasteiger charge is -2.11. The molecule has 0 fully saturated rings. The van der Waals surface area contributed by atoms with Gasteiger partial charge in [0.1, 0.15) is 0 Å². The summed E-state index contributed by atoms with van der Waals surface area (Å²) in [5.74, 6) is 5.23. The smallest absolute Gasteiger partial charge is 0.421 e. The quantitative estimate of drug-likeness (QED) is 0.269. The molecule has 3 N–H and O–H groups in total. The number of carbonyl (C=O) groups is 1. The van der Waals surface area contributed by atoms with Crippen molar-refractivity contribution < 1.29 is 9.90 Å². The van der Waals surface area contributed by atoms with Gasteiger partial charge in [0.25, 0.3) is 0 Å². The maximum absolute atomic E-state index is 10.3. The van der Waals surface area contributed by atoms with Crippen molar-refractivity contribution in [2.45, 2.75) is 58.3 Å². The standard InChI is InChI=1S/C11H24N2O2/c1-2-3-4-5-6-7-8-9-10-13(12)11(14)15/h2-10,12H2,1H3,(H,14,15). The topological polar surface area (TPSA) is 66.6 Å². The van der Waals surface area contributed by atoms with Crippen LogP contribution in [0.1, 0.15) is 58.3 Å². The third kappa shape index (κ3) is 9.53. The number of hydrazine groups is 1. The van der Waals surface area contributed by atoms with Gasteiger partial charge >= 0.3 is 6.09 Å². The molecule has 0 unspecified atom stereocenters. The molecule has 0 atom stereocenters. The van der Waals surface area contributed by atoms with Crippen LogP contribution in [0, 0.1) is 0 Å². The highest BCUT2D eigenvalue weighted by molar-refractivity contribution is 5.63. The number of hydrogen-bond donors (Lipinski definition) is 2. The Morgan fingerprint density at radius 1 is 1.07 bits per heavy atom. The van der Waals surface area contributed by atoms with Crippen LogP contribution >= 0.6 is 0 Å². The van der Waals surface area contributed by atoms with E-state index < -0.39 is 6.09 Å². The van der Waals surface area contributed by atoms with Crippen molar-refractivity contribution in [1.82, 2.24) is 5.01 Å². The summed E-state index contributed by atoms with van der Waals surface area (Å²) >= 11 is 0. The lowest BCUT2D eigenvalue weighted by molar-refractivity contribution is 0.145. The second-order valence-electron chi connectivity index (χ2n) is 3.95. The predicted molar refractivity (Wildman–Crippen MR) is 61.5 cm³/mol. The number of nitrogens with two attached hydrogens (primary N) is 1. The summed E-state index contributed by atoms with van der Waals surface area (Å²) in [6, 6.07) is 0. The molecule has 0 saturated heterocycles. The van der Waals surface area contributed by atoms with E-state index in [2.05, 4.69) is 6.92 Å². The van der Waals surface area contributed by atoms with Crippen LogP contribution < -0.4 is 5.84 Å². The van der Waals surface area contributed by atoms with Gasteiger partial charge in [0.05, 0.1) is 0 Å². The Morgan fingerprint density at radius 2 is 1.53 bits per heavy atom. The van der Waals surface area contributed by atoms with E-state index in [0.717, 1.165) is 17.9 Å². The molecular formula is C11H24N2O2. The largest absolute Gasteiger partial charge is 0.464 e. The van der Waals surface area contributed by atoms with Crippen LogP contribution in [-0.2, 0) is 0 Å². The highest BCUT2D eigenvalue weighted by atomic mass is 16.4. The fraction of sp³-hybridized carbons (Fsp3) is 0.909. The van der Waals surface area contributed by atoms with E-state index in [1.54, 1.807) is 0 Å². The van der Waals surface area contributed by atoms with Gasteiger partial charge in [0, 0.05) is 6.54 Å². The van der Waals surface area contributed by atoms with Crippen LogP contribution in [0.2, 0.25) is 0 Å². The van der Waals surface area contributed by atoms with Gasteiger partial charge in [-0.1, -0.05) is 51.9 Å². The van der Waals surface area contributed by atoms with Crippen molar-refractivity contribution >= 4 is 6.09 Å². The molecule has 0 spiro atoms. The summed E-state index contributed by atoms with van der Waals surface area (Å²) in [6.07, 6.45) is 8.60. The number of carboxylic acid groups (broad SMARTS) is 1. The molecule has 0 aromatic heterocycles. The van der Waals surface area contributed by atoms with E-state index >= 15 is 0 Å². The van der Waals surface area contributed by atoms with Crippen molar-refractivity contribution in [2.24, 2.45) is 5.84 Å². The summed E-state index contributed by atoms with van der Waals surface area (Å²) in [5, 5.41) is 9.34. The summed E-state index contributed by atoms with van der Waals surface area (Å²) < 4.78 is 0. The second kappa shape index (κ2) is 9.77. The first kappa shape index (κ1) is 14.2. The summed E-state index contributed by atoms with van der Waals surface area (Å²) in [4.78, 5) is 10.3. The molecule has 0 rings (SSSR count). The molecule has 0 saturated carbocycles. The molecule has 0 heterocycles. The molecule has 15 heavy (non-hydrogen) atoms. The molecule has 0 aliphatic heterocycles. The minimum Gasteiger partial charge on any atom is -0.464 e. The molecule has 0 aliphatic carbocycles. The van der Waals surface area contributed by atoms with Crippen molar-refractivity contribution in [3.05, 3.63) is 0 Å².